The lowest BCUT2D eigenvalue weighted by Gasteiger charge is -2.16. The first-order valence-corrected chi connectivity index (χ1v) is 4.30. The van der Waals surface area contributed by atoms with Crippen LogP contribution in [0.3, 0.4) is 0 Å². The third-order valence-electron chi connectivity index (χ3n) is 1.96. The summed E-state index contributed by atoms with van der Waals surface area (Å²) in [6, 6.07) is 8.53. The molecule has 1 aromatic rings. The molecular formula is C9H13BNO2. The number of hydrogen-bond acceptors (Lipinski definition) is 3. The predicted octanol–water partition coefficient (Wildman–Crippen LogP) is 0.550. The largest absolute Gasteiger partial charge is 0.482 e. The maximum absolute atomic E-state index is 7.00. The predicted molar refractivity (Wildman–Crippen MR) is 53.4 cm³/mol. The quantitative estimate of drug-likeness (QED) is 0.508. The number of aryl methyl sites for hydroxylation is 1. The van der Waals surface area contributed by atoms with Gasteiger partial charge in [-0.2, -0.15) is 0 Å². The Bertz CT molecular complexity index is 230. The number of anilines is 1. The first kappa shape index (κ1) is 10.1. The average molecular weight is 178 g/mol. The van der Waals surface area contributed by atoms with Crippen LogP contribution in [0, 0.1) is 0 Å². The van der Waals surface area contributed by atoms with Crippen molar-refractivity contribution in [3.8, 4) is 0 Å². The van der Waals surface area contributed by atoms with Gasteiger partial charge in [0.05, 0.1) is 0 Å². The molecule has 0 amide bonds. The van der Waals surface area contributed by atoms with Crippen LogP contribution in [0.25, 0.3) is 0 Å². The monoisotopic (exact) mass is 178 g/mol. The minimum absolute atomic E-state index is 0. The molecule has 0 atom stereocenters. The van der Waals surface area contributed by atoms with Crippen LogP contribution < -0.4 is 5.32 Å². The van der Waals surface area contributed by atoms with E-state index in [9.17, 15) is 0 Å². The number of hydrogen-bond donors (Lipinski definition) is 3. The lowest BCUT2D eigenvalue weighted by molar-refractivity contribution is 0.448. The van der Waals surface area contributed by atoms with Crippen LogP contribution in [0.4, 0.5) is 5.69 Å². The van der Waals surface area contributed by atoms with E-state index in [1.54, 1.807) is 0 Å². The third kappa shape index (κ3) is 3.09. The Morgan fingerprint density at radius 3 is 2.62 bits per heavy atom. The van der Waals surface area contributed by atoms with Crippen molar-refractivity contribution in [1.82, 2.24) is 0 Å². The van der Waals surface area contributed by atoms with E-state index in [2.05, 4.69) is 29.6 Å². The van der Waals surface area contributed by atoms with Gasteiger partial charge in [0.1, 0.15) is 0 Å². The van der Waals surface area contributed by atoms with E-state index in [1.165, 1.54) is 24.1 Å². The molecule has 0 saturated heterocycles. The van der Waals surface area contributed by atoms with Crippen molar-refractivity contribution < 1.29 is 10.0 Å². The summed E-state index contributed by atoms with van der Waals surface area (Å²) in [5, 5.41) is 17.4. The number of benzene rings is 1. The minimum atomic E-state index is 0. The zero-order chi connectivity index (χ0) is 9.52. The molecular weight excluding hydrogens is 165 g/mol. The molecule has 0 aromatic heterocycles. The van der Waals surface area contributed by atoms with Crippen molar-refractivity contribution in [3.05, 3.63) is 29.8 Å². The lowest BCUT2D eigenvalue weighted by atomic mass is 10.0. The van der Waals surface area contributed by atoms with Crippen molar-refractivity contribution in [2.45, 2.75) is 12.8 Å². The van der Waals surface area contributed by atoms with Gasteiger partial charge in [-0.05, 0) is 24.5 Å². The van der Waals surface area contributed by atoms with Gasteiger partial charge in [0.25, 0.3) is 0 Å². The Morgan fingerprint density at radius 1 is 1.23 bits per heavy atom. The molecule has 2 rings (SSSR count). The highest BCUT2D eigenvalue weighted by Crippen LogP contribution is 2.19. The van der Waals surface area contributed by atoms with Crippen LogP contribution in [-0.4, -0.2) is 24.3 Å². The van der Waals surface area contributed by atoms with Gasteiger partial charge < -0.3 is 15.4 Å². The Balaban J connectivity index is 0.000000251. The molecule has 13 heavy (non-hydrogen) atoms. The molecule has 4 heteroatoms. The summed E-state index contributed by atoms with van der Waals surface area (Å²) in [5.74, 6) is 0. The van der Waals surface area contributed by atoms with Gasteiger partial charge in [-0.25, -0.2) is 0 Å². The molecule has 3 nitrogen and oxygen atoms in total. The highest BCUT2D eigenvalue weighted by Gasteiger charge is 2.04. The van der Waals surface area contributed by atoms with Crippen LogP contribution in [0.15, 0.2) is 24.3 Å². The number of rotatable bonds is 0. The molecule has 1 aliphatic heterocycles. The van der Waals surface area contributed by atoms with Gasteiger partial charge in [0, 0.05) is 12.2 Å². The normalized spacial score (nSPS) is 13.1. The second-order valence-corrected chi connectivity index (χ2v) is 2.80. The van der Waals surface area contributed by atoms with E-state index in [0.717, 1.165) is 6.54 Å². The maximum Gasteiger partial charge on any atom is 0.482 e. The maximum atomic E-state index is 7.00. The standard InChI is InChI=1S/C9H11N.BH2O2/c1-2-6-9-8(4-1)5-3-7-10-9;2-1-3/h1-2,4,6,10H,3,5,7H2;2-3H. The summed E-state index contributed by atoms with van der Waals surface area (Å²) in [6.07, 6.45) is 2.51. The van der Waals surface area contributed by atoms with Gasteiger partial charge in [-0.3, -0.25) is 0 Å². The lowest BCUT2D eigenvalue weighted by Crippen LogP contribution is -2.10. The van der Waals surface area contributed by atoms with Crippen molar-refractivity contribution >= 4 is 13.4 Å². The fraction of sp³-hybridized carbons (Fsp3) is 0.333. The van der Waals surface area contributed by atoms with E-state index in [-0.39, 0.29) is 7.69 Å². The van der Waals surface area contributed by atoms with Crippen LogP contribution in [0.1, 0.15) is 12.0 Å². The van der Waals surface area contributed by atoms with E-state index >= 15 is 0 Å². The van der Waals surface area contributed by atoms with Gasteiger partial charge in [-0.1, -0.05) is 18.2 Å². The van der Waals surface area contributed by atoms with E-state index < -0.39 is 0 Å². The van der Waals surface area contributed by atoms with Crippen molar-refractivity contribution in [1.29, 1.82) is 0 Å². The number of fused-ring (bicyclic) bond motifs is 1. The molecule has 0 bridgehead atoms. The molecule has 1 heterocycles. The Morgan fingerprint density at radius 2 is 1.92 bits per heavy atom. The van der Waals surface area contributed by atoms with Crippen molar-refractivity contribution in [2.75, 3.05) is 11.9 Å². The van der Waals surface area contributed by atoms with E-state index in [0.29, 0.717) is 0 Å². The fourth-order valence-electron chi connectivity index (χ4n) is 1.41. The molecule has 0 saturated carbocycles. The van der Waals surface area contributed by atoms with Gasteiger partial charge in [0.15, 0.2) is 0 Å². The number of nitrogens with one attached hydrogen (secondary N) is 1. The minimum Gasteiger partial charge on any atom is -0.429 e. The first-order chi connectivity index (χ1) is 6.38. The molecule has 0 fully saturated rings. The fourth-order valence-corrected chi connectivity index (χ4v) is 1.41. The molecule has 1 aromatic carbocycles. The summed E-state index contributed by atoms with van der Waals surface area (Å²) in [4.78, 5) is 0. The molecule has 1 radical (unpaired) electrons. The Kier molecular flexibility index (Phi) is 4.36. The zero-order valence-electron chi connectivity index (χ0n) is 7.40. The van der Waals surface area contributed by atoms with Crippen molar-refractivity contribution in [2.24, 2.45) is 0 Å². The van der Waals surface area contributed by atoms with E-state index in [1.807, 2.05) is 0 Å². The summed E-state index contributed by atoms with van der Waals surface area (Å²) in [7, 11) is 0. The molecule has 0 spiro atoms. The topological polar surface area (TPSA) is 52.5 Å². The Hall–Kier alpha value is -0.995. The smallest absolute Gasteiger partial charge is 0.429 e. The van der Waals surface area contributed by atoms with E-state index in [4.69, 9.17) is 10.0 Å². The summed E-state index contributed by atoms with van der Waals surface area (Å²) in [5.41, 5.74) is 2.79. The highest BCUT2D eigenvalue weighted by atomic mass is 16.4. The third-order valence-corrected chi connectivity index (χ3v) is 1.96. The molecule has 69 valence electrons. The molecule has 0 unspecified atom stereocenters. The summed E-state index contributed by atoms with van der Waals surface area (Å²) in [6.45, 7) is 1.14. The Labute approximate surface area is 78.7 Å². The molecule has 0 aliphatic carbocycles. The average Bonchev–Trinajstić information content (AvgIpc) is 2.19. The van der Waals surface area contributed by atoms with Crippen LogP contribution in [0.5, 0.6) is 0 Å². The summed E-state index contributed by atoms with van der Waals surface area (Å²) >= 11 is 0. The van der Waals surface area contributed by atoms with Gasteiger partial charge >= 0.3 is 7.69 Å². The SMILES string of the molecule is O[B]O.c1ccc2c(c1)CCCN2. The van der Waals surface area contributed by atoms with Crippen LogP contribution >= 0.6 is 0 Å². The van der Waals surface area contributed by atoms with Crippen LogP contribution in [-0.2, 0) is 6.42 Å². The molecule has 3 N–H and O–H groups in total. The van der Waals surface area contributed by atoms with Crippen molar-refractivity contribution in [3.63, 3.8) is 0 Å². The summed E-state index contributed by atoms with van der Waals surface area (Å²) < 4.78 is 0. The molecule has 1 aliphatic rings. The zero-order valence-corrected chi connectivity index (χ0v) is 7.40. The van der Waals surface area contributed by atoms with Gasteiger partial charge in [-0.15, -0.1) is 0 Å². The van der Waals surface area contributed by atoms with Gasteiger partial charge in [0.2, 0.25) is 0 Å². The second kappa shape index (κ2) is 5.62. The van der Waals surface area contributed by atoms with Crippen LogP contribution in [0.2, 0.25) is 0 Å². The second-order valence-electron chi connectivity index (χ2n) is 2.80. The first-order valence-electron chi connectivity index (χ1n) is 4.30. The highest BCUT2D eigenvalue weighted by molar-refractivity contribution is 6.13. The number of para-hydroxylation sites is 1.